The van der Waals surface area contributed by atoms with Crippen molar-refractivity contribution in [3.05, 3.63) is 16.0 Å². The van der Waals surface area contributed by atoms with Crippen molar-refractivity contribution in [2.24, 2.45) is 29.1 Å². The van der Waals surface area contributed by atoms with Crippen molar-refractivity contribution in [2.45, 2.75) is 78.1 Å². The van der Waals surface area contributed by atoms with Crippen LogP contribution in [-0.4, -0.2) is 31.1 Å². The number of anilines is 1. The molecule has 1 aromatic heterocycles. The van der Waals surface area contributed by atoms with E-state index in [2.05, 4.69) is 12.2 Å². The van der Waals surface area contributed by atoms with E-state index in [1.807, 2.05) is 0 Å². The third kappa shape index (κ3) is 4.71. The number of thiophene rings is 1. The monoisotopic (exact) mass is 473 g/mol. The van der Waals surface area contributed by atoms with Gasteiger partial charge < -0.3 is 14.8 Å². The van der Waals surface area contributed by atoms with E-state index in [0.29, 0.717) is 22.9 Å². The van der Waals surface area contributed by atoms with Gasteiger partial charge in [-0.05, 0) is 99.4 Å². The minimum atomic E-state index is -0.397. The first-order chi connectivity index (χ1) is 15.8. The highest BCUT2D eigenvalue weighted by Gasteiger charge is 2.51. The van der Waals surface area contributed by atoms with Crippen LogP contribution in [0.2, 0.25) is 0 Å². The molecule has 4 saturated carbocycles. The molecular formula is C26H35NO5S. The topological polar surface area (TPSA) is 81.7 Å². The van der Waals surface area contributed by atoms with Crippen LogP contribution in [0.3, 0.4) is 0 Å². The molecule has 1 atom stereocenters. The number of nitrogens with one attached hydrogen (secondary N) is 1. The van der Waals surface area contributed by atoms with Crippen molar-refractivity contribution in [1.82, 2.24) is 0 Å². The van der Waals surface area contributed by atoms with Gasteiger partial charge >= 0.3 is 11.9 Å². The Hall–Kier alpha value is -1.89. The van der Waals surface area contributed by atoms with Gasteiger partial charge in [0.25, 0.3) is 5.91 Å². The lowest BCUT2D eigenvalue weighted by molar-refractivity contribution is -0.154. The Kier molecular flexibility index (Phi) is 6.27. The lowest BCUT2D eigenvalue weighted by atomic mass is 9.49. The van der Waals surface area contributed by atoms with Crippen molar-refractivity contribution in [1.29, 1.82) is 0 Å². The predicted molar refractivity (Wildman–Crippen MR) is 126 cm³/mol. The first-order valence-electron chi connectivity index (χ1n) is 12.6. The van der Waals surface area contributed by atoms with Crippen LogP contribution in [0.25, 0.3) is 0 Å². The third-order valence-electron chi connectivity index (χ3n) is 8.29. The molecule has 0 aromatic carbocycles. The fraction of sp³-hybridized carbons (Fsp3) is 0.731. The number of fused-ring (bicyclic) bond motifs is 1. The highest BCUT2D eigenvalue weighted by Crippen LogP contribution is 2.61. The molecule has 4 bridgehead atoms. The fourth-order valence-corrected chi connectivity index (χ4v) is 8.85. The number of ether oxygens (including phenoxy) is 2. The van der Waals surface area contributed by atoms with E-state index in [1.54, 1.807) is 6.92 Å². The summed E-state index contributed by atoms with van der Waals surface area (Å²) in [5.74, 6) is 1.84. The molecule has 0 saturated heterocycles. The van der Waals surface area contributed by atoms with Gasteiger partial charge in [-0.2, -0.15) is 0 Å². The van der Waals surface area contributed by atoms with Crippen LogP contribution in [-0.2, 0) is 31.9 Å². The molecule has 1 amide bonds. The van der Waals surface area contributed by atoms with Crippen LogP contribution in [0, 0.1) is 29.1 Å². The van der Waals surface area contributed by atoms with Crippen molar-refractivity contribution < 1.29 is 23.9 Å². The van der Waals surface area contributed by atoms with Gasteiger partial charge in [-0.1, -0.05) is 6.92 Å². The molecule has 1 N–H and O–H groups in total. The summed E-state index contributed by atoms with van der Waals surface area (Å²) in [5.41, 5.74) is 1.59. The molecule has 7 heteroatoms. The summed E-state index contributed by atoms with van der Waals surface area (Å²) in [6.45, 7) is 3.95. The average Bonchev–Trinajstić information content (AvgIpc) is 3.07. The maximum absolute atomic E-state index is 12.7. The number of carbonyl (C=O) groups excluding carboxylic acids is 3. The highest BCUT2D eigenvalue weighted by molar-refractivity contribution is 7.17. The number of carbonyl (C=O) groups is 3. The predicted octanol–water partition coefficient (Wildman–Crippen LogP) is 5.14. The average molecular weight is 474 g/mol. The zero-order chi connectivity index (χ0) is 23.2. The molecule has 5 aliphatic rings. The molecule has 0 aliphatic heterocycles. The second-order valence-electron chi connectivity index (χ2n) is 11.1. The first kappa shape index (κ1) is 22.9. The normalized spacial score (nSPS) is 31.7. The summed E-state index contributed by atoms with van der Waals surface area (Å²) in [5, 5.41) is 3.36. The van der Waals surface area contributed by atoms with E-state index in [9.17, 15) is 14.4 Å². The first-order valence-corrected chi connectivity index (χ1v) is 13.4. The molecule has 1 aromatic rings. The number of esters is 2. The van der Waals surface area contributed by atoms with Gasteiger partial charge in [0.05, 0.1) is 18.6 Å². The molecule has 6 rings (SSSR count). The number of hydrogen-bond acceptors (Lipinski definition) is 6. The van der Waals surface area contributed by atoms with Crippen LogP contribution in [0.5, 0.6) is 0 Å². The molecular weight excluding hydrogens is 438 g/mol. The molecule has 1 unspecified atom stereocenters. The van der Waals surface area contributed by atoms with Crippen molar-refractivity contribution >= 4 is 34.2 Å². The third-order valence-corrected chi connectivity index (χ3v) is 9.46. The molecule has 5 aliphatic carbocycles. The Labute approximate surface area is 199 Å². The van der Waals surface area contributed by atoms with Crippen molar-refractivity contribution in [3.63, 3.8) is 0 Å². The van der Waals surface area contributed by atoms with Crippen LogP contribution in [0.15, 0.2) is 0 Å². The van der Waals surface area contributed by atoms with Gasteiger partial charge in [0.2, 0.25) is 0 Å². The van der Waals surface area contributed by atoms with Crippen LogP contribution in [0.4, 0.5) is 5.00 Å². The SMILES string of the molecule is CCOC(=O)c1c(NC(=O)COC(=O)CC23CC4CC(CC(C4)C2)C3)sc2c1CCC(C)C2. The molecule has 1 heterocycles. The fourth-order valence-electron chi connectivity index (χ4n) is 7.43. The minimum absolute atomic E-state index is 0.100. The largest absolute Gasteiger partial charge is 0.462 e. The summed E-state index contributed by atoms with van der Waals surface area (Å²) in [7, 11) is 0. The quantitative estimate of drug-likeness (QED) is 0.555. The maximum Gasteiger partial charge on any atom is 0.341 e. The van der Waals surface area contributed by atoms with E-state index in [-0.39, 0.29) is 24.6 Å². The van der Waals surface area contributed by atoms with Crippen molar-refractivity contribution in [2.75, 3.05) is 18.5 Å². The minimum Gasteiger partial charge on any atom is -0.462 e. The lowest BCUT2D eigenvalue weighted by Crippen LogP contribution is -2.47. The Morgan fingerprint density at radius 3 is 2.36 bits per heavy atom. The molecule has 180 valence electrons. The summed E-state index contributed by atoms with van der Waals surface area (Å²) in [6, 6.07) is 0. The van der Waals surface area contributed by atoms with E-state index in [4.69, 9.17) is 9.47 Å². The van der Waals surface area contributed by atoms with Gasteiger partial charge in [-0.3, -0.25) is 9.59 Å². The summed E-state index contributed by atoms with van der Waals surface area (Å²) < 4.78 is 10.7. The Morgan fingerprint density at radius 1 is 1.06 bits per heavy atom. The van der Waals surface area contributed by atoms with Gasteiger partial charge in [0.15, 0.2) is 6.61 Å². The second-order valence-corrected chi connectivity index (χ2v) is 12.2. The molecule has 6 nitrogen and oxygen atoms in total. The van der Waals surface area contributed by atoms with E-state index < -0.39 is 11.9 Å². The highest BCUT2D eigenvalue weighted by atomic mass is 32.1. The zero-order valence-electron chi connectivity index (χ0n) is 19.7. The van der Waals surface area contributed by atoms with Gasteiger partial charge in [0, 0.05) is 4.88 Å². The Bertz CT molecular complexity index is 915. The summed E-state index contributed by atoms with van der Waals surface area (Å²) >= 11 is 1.45. The standard InChI is InChI=1S/C26H35NO5S/c1-3-31-25(30)23-19-5-4-15(2)6-20(19)33-24(23)27-21(28)14-32-22(29)13-26-10-16-7-17(11-26)9-18(8-16)12-26/h15-18H,3-14H2,1-2H3,(H,27,28). The van der Waals surface area contributed by atoms with Crippen LogP contribution >= 0.6 is 11.3 Å². The van der Waals surface area contributed by atoms with Crippen LogP contribution < -0.4 is 5.32 Å². The Balaban J connectivity index is 1.20. The van der Waals surface area contributed by atoms with Crippen molar-refractivity contribution in [3.8, 4) is 0 Å². The summed E-state index contributed by atoms with van der Waals surface area (Å²) in [4.78, 5) is 39.1. The number of rotatable bonds is 7. The van der Waals surface area contributed by atoms with E-state index >= 15 is 0 Å². The maximum atomic E-state index is 12.7. The van der Waals surface area contributed by atoms with E-state index in [1.165, 1.54) is 30.6 Å². The number of hydrogen-bond donors (Lipinski definition) is 1. The Morgan fingerprint density at radius 2 is 1.73 bits per heavy atom. The molecule has 0 spiro atoms. The molecule has 4 fully saturated rings. The lowest BCUT2D eigenvalue weighted by Gasteiger charge is -2.56. The molecule has 0 radical (unpaired) electrons. The van der Waals surface area contributed by atoms with Gasteiger partial charge in [-0.15, -0.1) is 11.3 Å². The van der Waals surface area contributed by atoms with Gasteiger partial charge in [0.1, 0.15) is 5.00 Å². The zero-order valence-corrected chi connectivity index (χ0v) is 20.6. The van der Waals surface area contributed by atoms with Crippen LogP contribution in [0.1, 0.15) is 86.0 Å². The molecule has 33 heavy (non-hydrogen) atoms. The smallest absolute Gasteiger partial charge is 0.341 e. The van der Waals surface area contributed by atoms with Gasteiger partial charge in [-0.25, -0.2) is 4.79 Å². The summed E-state index contributed by atoms with van der Waals surface area (Å²) in [6.07, 6.45) is 10.6. The second kappa shape index (κ2) is 9.05. The van der Waals surface area contributed by atoms with E-state index in [0.717, 1.165) is 66.7 Å². The number of amides is 1.